The maximum absolute atomic E-state index is 12.5. The summed E-state index contributed by atoms with van der Waals surface area (Å²) in [5.41, 5.74) is 1.71. The zero-order valence-electron chi connectivity index (χ0n) is 16.0. The van der Waals surface area contributed by atoms with Gasteiger partial charge in [0, 0.05) is 27.9 Å². The number of hydrogen-bond acceptors (Lipinski definition) is 3. The first-order chi connectivity index (χ1) is 12.7. The molecule has 0 radical (unpaired) electrons. The minimum absolute atomic E-state index is 0.0237. The van der Waals surface area contributed by atoms with E-state index in [-0.39, 0.29) is 24.1 Å². The zero-order chi connectivity index (χ0) is 20.2. The van der Waals surface area contributed by atoms with Crippen molar-refractivity contribution in [2.45, 2.75) is 40.0 Å². The van der Waals surface area contributed by atoms with Gasteiger partial charge in [0.15, 0.2) is 0 Å². The van der Waals surface area contributed by atoms with Gasteiger partial charge in [0.1, 0.15) is 5.78 Å². The number of carbonyl (C=O) groups excluding carboxylic acids is 2. The highest BCUT2D eigenvalue weighted by Gasteiger charge is 2.39. The van der Waals surface area contributed by atoms with Gasteiger partial charge in [-0.1, -0.05) is 53.5 Å². The van der Waals surface area contributed by atoms with Crippen molar-refractivity contribution in [2.75, 3.05) is 6.61 Å². The summed E-state index contributed by atoms with van der Waals surface area (Å²) in [5, 5.41) is 1.14. The van der Waals surface area contributed by atoms with Crippen LogP contribution in [0.3, 0.4) is 0 Å². The quantitative estimate of drug-likeness (QED) is 0.505. The summed E-state index contributed by atoms with van der Waals surface area (Å²) < 4.78 is 5.23. The topological polar surface area (TPSA) is 43.4 Å². The van der Waals surface area contributed by atoms with Gasteiger partial charge < -0.3 is 9.53 Å². The van der Waals surface area contributed by atoms with Crippen molar-refractivity contribution in [2.24, 2.45) is 5.41 Å². The molecule has 5 heteroatoms. The molecular weight excluding hydrogens is 383 g/mol. The third kappa shape index (κ3) is 4.91. The smallest absolute Gasteiger partial charge is 0.312 e. The van der Waals surface area contributed by atoms with Crippen LogP contribution >= 0.6 is 23.2 Å². The van der Waals surface area contributed by atoms with Crippen LogP contribution in [0.4, 0.5) is 0 Å². The van der Waals surface area contributed by atoms with Gasteiger partial charge in [-0.15, -0.1) is 0 Å². The Kier molecular flexibility index (Phi) is 7.07. The second kappa shape index (κ2) is 8.90. The molecular formula is C22H24Cl2O3. The molecule has 0 aliphatic carbocycles. The van der Waals surface area contributed by atoms with E-state index in [1.807, 2.05) is 38.1 Å². The molecule has 0 saturated heterocycles. The van der Waals surface area contributed by atoms with Crippen molar-refractivity contribution < 1.29 is 14.3 Å². The monoisotopic (exact) mass is 406 g/mol. The van der Waals surface area contributed by atoms with Crippen LogP contribution < -0.4 is 0 Å². The number of hydrogen-bond donors (Lipinski definition) is 0. The summed E-state index contributed by atoms with van der Waals surface area (Å²) in [7, 11) is 0. The fourth-order valence-corrected chi connectivity index (χ4v) is 3.81. The molecule has 0 aliphatic rings. The van der Waals surface area contributed by atoms with Crippen molar-refractivity contribution in [1.29, 1.82) is 0 Å². The normalized spacial score (nSPS) is 12.5. The van der Waals surface area contributed by atoms with E-state index in [2.05, 4.69) is 0 Å². The number of rotatable bonds is 7. The average Bonchev–Trinajstić information content (AvgIpc) is 2.60. The van der Waals surface area contributed by atoms with Gasteiger partial charge in [0.25, 0.3) is 0 Å². The molecule has 0 aliphatic heterocycles. The third-order valence-corrected chi connectivity index (χ3v) is 5.36. The molecule has 0 heterocycles. The first-order valence-electron chi connectivity index (χ1n) is 8.89. The van der Waals surface area contributed by atoms with Crippen LogP contribution in [0.25, 0.3) is 11.1 Å². The first kappa shape index (κ1) is 21.5. The molecule has 2 aromatic rings. The van der Waals surface area contributed by atoms with Crippen LogP contribution in [0.5, 0.6) is 0 Å². The highest BCUT2D eigenvalue weighted by atomic mass is 35.5. The van der Waals surface area contributed by atoms with Crippen molar-refractivity contribution >= 4 is 35.0 Å². The second-order valence-electron chi connectivity index (χ2n) is 7.12. The molecule has 0 N–H and O–H groups in total. The maximum atomic E-state index is 12.5. The predicted octanol–water partition coefficient (Wildman–Crippen LogP) is 6.31. The zero-order valence-corrected chi connectivity index (χ0v) is 17.5. The maximum Gasteiger partial charge on any atom is 0.312 e. The van der Waals surface area contributed by atoms with E-state index in [1.54, 1.807) is 25.1 Å². The SMILES string of the molecule is CCOC(=O)C(C)(C)C(CC(C)=O)c1ccc(-c2c(Cl)cccc2Cl)cc1. The lowest BCUT2D eigenvalue weighted by Gasteiger charge is -2.32. The third-order valence-electron chi connectivity index (χ3n) is 4.73. The predicted molar refractivity (Wildman–Crippen MR) is 110 cm³/mol. The Morgan fingerprint density at radius 2 is 1.59 bits per heavy atom. The molecule has 1 unspecified atom stereocenters. The van der Waals surface area contributed by atoms with Gasteiger partial charge >= 0.3 is 5.97 Å². The number of esters is 1. The second-order valence-corrected chi connectivity index (χ2v) is 7.93. The van der Waals surface area contributed by atoms with Crippen molar-refractivity contribution in [1.82, 2.24) is 0 Å². The average molecular weight is 407 g/mol. The Balaban J connectivity index is 2.43. The lowest BCUT2D eigenvalue weighted by molar-refractivity contribution is -0.155. The van der Waals surface area contributed by atoms with Gasteiger partial charge in [0.2, 0.25) is 0 Å². The van der Waals surface area contributed by atoms with E-state index in [1.165, 1.54) is 6.92 Å². The Labute approximate surface area is 170 Å². The highest BCUT2D eigenvalue weighted by molar-refractivity contribution is 6.39. The van der Waals surface area contributed by atoms with E-state index in [9.17, 15) is 9.59 Å². The summed E-state index contributed by atoms with van der Waals surface area (Å²) in [6.45, 7) is 7.25. The molecule has 144 valence electrons. The Bertz CT molecular complexity index is 806. The molecule has 27 heavy (non-hydrogen) atoms. The standard InChI is InChI=1S/C22H24Cl2O3/c1-5-27-21(26)22(3,4)17(13-14(2)25)15-9-11-16(12-10-15)20-18(23)7-6-8-19(20)24/h6-12,17H,5,13H2,1-4H3. The van der Waals surface area contributed by atoms with Gasteiger partial charge in [-0.2, -0.15) is 0 Å². The fraction of sp³-hybridized carbons (Fsp3) is 0.364. The van der Waals surface area contributed by atoms with Crippen molar-refractivity contribution in [3.63, 3.8) is 0 Å². The molecule has 1 atom stereocenters. The van der Waals surface area contributed by atoms with E-state index >= 15 is 0 Å². The highest BCUT2D eigenvalue weighted by Crippen LogP contribution is 2.41. The van der Waals surface area contributed by atoms with Crippen LogP contribution in [0, 0.1) is 5.41 Å². The molecule has 0 saturated carbocycles. The van der Waals surface area contributed by atoms with Gasteiger partial charge in [0.05, 0.1) is 12.0 Å². The summed E-state index contributed by atoms with van der Waals surface area (Å²) in [4.78, 5) is 24.3. The summed E-state index contributed by atoms with van der Waals surface area (Å²) in [6, 6.07) is 13.0. The van der Waals surface area contributed by atoms with Crippen LogP contribution in [0.2, 0.25) is 10.0 Å². The summed E-state index contributed by atoms with van der Waals surface area (Å²) >= 11 is 12.6. The molecule has 2 rings (SSSR count). The lowest BCUT2D eigenvalue weighted by Crippen LogP contribution is -2.34. The van der Waals surface area contributed by atoms with E-state index in [0.29, 0.717) is 16.7 Å². The molecule has 0 fully saturated rings. The molecule has 0 amide bonds. The van der Waals surface area contributed by atoms with Crippen LogP contribution in [-0.2, 0) is 14.3 Å². The number of ether oxygens (including phenoxy) is 1. The number of halogens is 2. The summed E-state index contributed by atoms with van der Waals surface area (Å²) in [5.74, 6) is -0.574. The minimum atomic E-state index is -0.828. The lowest BCUT2D eigenvalue weighted by atomic mass is 9.72. The van der Waals surface area contributed by atoms with Crippen LogP contribution in [0.1, 0.15) is 45.6 Å². The number of Topliss-reactive ketones (excluding diaryl/α,β-unsaturated/α-hetero) is 1. The minimum Gasteiger partial charge on any atom is -0.466 e. The number of benzene rings is 2. The van der Waals surface area contributed by atoms with E-state index in [4.69, 9.17) is 27.9 Å². The van der Waals surface area contributed by atoms with Gasteiger partial charge in [-0.25, -0.2) is 0 Å². The number of carbonyl (C=O) groups is 2. The van der Waals surface area contributed by atoms with Crippen molar-refractivity contribution in [3.05, 3.63) is 58.1 Å². The van der Waals surface area contributed by atoms with E-state index < -0.39 is 5.41 Å². The molecule has 2 aromatic carbocycles. The van der Waals surface area contributed by atoms with Gasteiger partial charge in [-0.05, 0) is 51.0 Å². The number of ketones is 1. The Morgan fingerprint density at radius 1 is 1.04 bits per heavy atom. The Morgan fingerprint density at radius 3 is 2.07 bits per heavy atom. The van der Waals surface area contributed by atoms with E-state index in [0.717, 1.165) is 16.7 Å². The fourth-order valence-electron chi connectivity index (χ4n) is 3.19. The van der Waals surface area contributed by atoms with Crippen LogP contribution in [0.15, 0.2) is 42.5 Å². The largest absolute Gasteiger partial charge is 0.466 e. The summed E-state index contributed by atoms with van der Waals surface area (Å²) in [6.07, 6.45) is 0.262. The van der Waals surface area contributed by atoms with Crippen molar-refractivity contribution in [3.8, 4) is 11.1 Å². The Hall–Kier alpha value is -1.84. The van der Waals surface area contributed by atoms with Gasteiger partial charge in [-0.3, -0.25) is 4.79 Å². The molecule has 3 nitrogen and oxygen atoms in total. The first-order valence-corrected chi connectivity index (χ1v) is 9.65. The van der Waals surface area contributed by atoms with Crippen LogP contribution in [-0.4, -0.2) is 18.4 Å². The molecule has 0 aromatic heterocycles. The molecule has 0 bridgehead atoms. The molecule has 0 spiro atoms.